The molecule has 0 radical (unpaired) electrons. The molecule has 0 saturated carbocycles. The van der Waals surface area contributed by atoms with Gasteiger partial charge in [-0.1, -0.05) is 39.8 Å². The highest BCUT2D eigenvalue weighted by Gasteiger charge is 2.25. The maximum atomic E-state index is 13.6. The topological polar surface area (TPSA) is 58.2 Å². The van der Waals surface area contributed by atoms with Crippen LogP contribution in [0.1, 0.15) is 44.5 Å². The number of amides is 2. The summed E-state index contributed by atoms with van der Waals surface area (Å²) in [5, 5.41) is 5.44. The molecule has 22 heavy (non-hydrogen) atoms. The summed E-state index contributed by atoms with van der Waals surface area (Å²) < 4.78 is 13.6. The van der Waals surface area contributed by atoms with Crippen LogP contribution in [-0.2, 0) is 4.79 Å². The van der Waals surface area contributed by atoms with Crippen LogP contribution in [-0.4, -0.2) is 24.4 Å². The van der Waals surface area contributed by atoms with Crippen molar-refractivity contribution < 1.29 is 14.0 Å². The van der Waals surface area contributed by atoms with Crippen molar-refractivity contribution in [1.29, 1.82) is 0 Å². The third-order valence-corrected chi connectivity index (χ3v) is 3.38. The van der Waals surface area contributed by atoms with Crippen LogP contribution in [0.2, 0.25) is 0 Å². The third-order valence-electron chi connectivity index (χ3n) is 3.38. The summed E-state index contributed by atoms with van der Waals surface area (Å²) in [6, 6.07) is 5.05. The second-order valence-corrected chi connectivity index (χ2v) is 6.15. The largest absolute Gasteiger partial charge is 0.354 e. The van der Waals surface area contributed by atoms with Gasteiger partial charge in [-0.25, -0.2) is 4.39 Å². The van der Waals surface area contributed by atoms with Crippen LogP contribution in [0.15, 0.2) is 24.3 Å². The molecule has 2 amide bonds. The van der Waals surface area contributed by atoms with Crippen molar-refractivity contribution in [3.63, 3.8) is 0 Å². The first-order chi connectivity index (χ1) is 10.3. The summed E-state index contributed by atoms with van der Waals surface area (Å²) in [7, 11) is 0. The van der Waals surface area contributed by atoms with E-state index in [1.807, 2.05) is 13.8 Å². The monoisotopic (exact) mass is 308 g/mol. The number of hydrogen-bond acceptors (Lipinski definition) is 2. The summed E-state index contributed by atoms with van der Waals surface area (Å²) in [5.74, 6) is -1.00. The number of carbonyl (C=O) groups excluding carboxylic acids is 2. The zero-order valence-electron chi connectivity index (χ0n) is 13.7. The zero-order valence-corrected chi connectivity index (χ0v) is 13.7. The Hall–Kier alpha value is -1.91. The predicted octanol–water partition coefficient (Wildman–Crippen LogP) is 2.74. The predicted molar refractivity (Wildman–Crippen MR) is 85.0 cm³/mol. The van der Waals surface area contributed by atoms with E-state index in [2.05, 4.69) is 24.5 Å². The van der Waals surface area contributed by atoms with Gasteiger partial charge in [0.15, 0.2) is 0 Å². The molecule has 0 aromatic heterocycles. The highest BCUT2D eigenvalue weighted by molar-refractivity contribution is 5.97. The van der Waals surface area contributed by atoms with Gasteiger partial charge in [0.05, 0.1) is 5.56 Å². The molecule has 5 heteroatoms. The molecular formula is C17H25FN2O2. The van der Waals surface area contributed by atoms with Gasteiger partial charge in [-0.3, -0.25) is 9.59 Å². The first-order valence-electron chi connectivity index (χ1n) is 7.66. The molecule has 122 valence electrons. The molecule has 1 atom stereocenters. The Morgan fingerprint density at radius 3 is 2.32 bits per heavy atom. The minimum Gasteiger partial charge on any atom is -0.354 e. The van der Waals surface area contributed by atoms with Crippen LogP contribution in [0.3, 0.4) is 0 Å². The molecule has 2 N–H and O–H groups in total. The van der Waals surface area contributed by atoms with Crippen molar-refractivity contribution in [2.24, 2.45) is 11.8 Å². The van der Waals surface area contributed by atoms with Crippen molar-refractivity contribution in [3.05, 3.63) is 35.6 Å². The van der Waals surface area contributed by atoms with Crippen molar-refractivity contribution in [1.82, 2.24) is 10.6 Å². The maximum absolute atomic E-state index is 13.6. The van der Waals surface area contributed by atoms with Gasteiger partial charge >= 0.3 is 0 Å². The van der Waals surface area contributed by atoms with Crippen LogP contribution >= 0.6 is 0 Å². The quantitative estimate of drug-likeness (QED) is 0.814. The summed E-state index contributed by atoms with van der Waals surface area (Å²) >= 11 is 0. The van der Waals surface area contributed by atoms with Gasteiger partial charge in [0.25, 0.3) is 5.91 Å². The first kappa shape index (κ1) is 18.1. The molecule has 0 aliphatic heterocycles. The van der Waals surface area contributed by atoms with E-state index < -0.39 is 17.8 Å². The number of carbonyl (C=O) groups is 2. The van der Waals surface area contributed by atoms with Crippen molar-refractivity contribution in [3.8, 4) is 0 Å². The minimum absolute atomic E-state index is 0.0527. The summed E-state index contributed by atoms with van der Waals surface area (Å²) in [6.07, 6.45) is 0.873. The lowest BCUT2D eigenvalue weighted by atomic mass is 10.0. The van der Waals surface area contributed by atoms with E-state index in [0.717, 1.165) is 6.42 Å². The van der Waals surface area contributed by atoms with E-state index >= 15 is 0 Å². The van der Waals surface area contributed by atoms with Gasteiger partial charge in [-0.15, -0.1) is 0 Å². The highest BCUT2D eigenvalue weighted by Crippen LogP contribution is 2.09. The Labute approximate surface area is 131 Å². The number of hydrogen-bond donors (Lipinski definition) is 2. The molecule has 0 bridgehead atoms. The summed E-state index contributed by atoms with van der Waals surface area (Å²) in [5.41, 5.74) is -0.0527. The van der Waals surface area contributed by atoms with Gasteiger partial charge in [-0.05, 0) is 30.4 Å². The average molecular weight is 308 g/mol. The Balaban J connectivity index is 2.70. The van der Waals surface area contributed by atoms with E-state index in [-0.39, 0.29) is 17.4 Å². The van der Waals surface area contributed by atoms with Crippen LogP contribution in [0, 0.1) is 17.7 Å². The number of nitrogens with one attached hydrogen (secondary N) is 2. The molecule has 1 unspecified atom stereocenters. The third kappa shape index (κ3) is 5.47. The lowest BCUT2D eigenvalue weighted by molar-refractivity contribution is -0.123. The average Bonchev–Trinajstić information content (AvgIpc) is 2.44. The van der Waals surface area contributed by atoms with E-state index in [9.17, 15) is 14.0 Å². The van der Waals surface area contributed by atoms with E-state index in [1.165, 1.54) is 18.2 Å². The molecular weight excluding hydrogens is 283 g/mol. The van der Waals surface area contributed by atoms with Crippen LogP contribution < -0.4 is 10.6 Å². The minimum atomic E-state index is -0.681. The molecule has 0 fully saturated rings. The molecule has 0 aliphatic carbocycles. The van der Waals surface area contributed by atoms with Gasteiger partial charge in [0.2, 0.25) is 5.91 Å². The molecule has 1 rings (SSSR count). The molecule has 4 nitrogen and oxygen atoms in total. The highest BCUT2D eigenvalue weighted by atomic mass is 19.1. The first-order valence-corrected chi connectivity index (χ1v) is 7.66. The second-order valence-electron chi connectivity index (χ2n) is 6.15. The fraction of sp³-hybridized carbons (Fsp3) is 0.529. The Morgan fingerprint density at radius 1 is 1.14 bits per heavy atom. The number of halogens is 1. The van der Waals surface area contributed by atoms with Crippen LogP contribution in [0.25, 0.3) is 0 Å². The maximum Gasteiger partial charge on any atom is 0.254 e. The fourth-order valence-corrected chi connectivity index (χ4v) is 1.99. The molecule has 1 aromatic carbocycles. The van der Waals surface area contributed by atoms with Gasteiger partial charge in [0.1, 0.15) is 11.9 Å². The number of benzene rings is 1. The Kier molecular flexibility index (Phi) is 7.02. The van der Waals surface area contributed by atoms with Gasteiger partial charge in [0, 0.05) is 6.54 Å². The lowest BCUT2D eigenvalue weighted by Gasteiger charge is -2.22. The summed E-state index contributed by atoms with van der Waals surface area (Å²) in [4.78, 5) is 24.3. The Bertz CT molecular complexity index is 515. The molecule has 0 heterocycles. The van der Waals surface area contributed by atoms with E-state index in [0.29, 0.717) is 12.5 Å². The number of rotatable bonds is 7. The van der Waals surface area contributed by atoms with Gasteiger partial charge < -0.3 is 10.6 Å². The molecule has 0 saturated heterocycles. The smallest absolute Gasteiger partial charge is 0.254 e. The van der Waals surface area contributed by atoms with Crippen molar-refractivity contribution in [2.45, 2.75) is 40.2 Å². The Morgan fingerprint density at radius 2 is 1.77 bits per heavy atom. The SMILES string of the molecule is CC(C)CCNC(=O)C(NC(=O)c1ccccc1F)C(C)C. The molecule has 0 spiro atoms. The van der Waals surface area contributed by atoms with Crippen molar-refractivity contribution >= 4 is 11.8 Å². The fourth-order valence-electron chi connectivity index (χ4n) is 1.99. The lowest BCUT2D eigenvalue weighted by Crippen LogP contribution is -2.50. The van der Waals surface area contributed by atoms with E-state index in [1.54, 1.807) is 6.07 Å². The van der Waals surface area contributed by atoms with Crippen LogP contribution in [0.5, 0.6) is 0 Å². The van der Waals surface area contributed by atoms with Crippen LogP contribution in [0.4, 0.5) is 4.39 Å². The zero-order chi connectivity index (χ0) is 16.7. The molecule has 0 aliphatic rings. The standard InChI is InChI=1S/C17H25FN2O2/c1-11(2)9-10-19-17(22)15(12(3)4)20-16(21)13-7-5-6-8-14(13)18/h5-8,11-12,15H,9-10H2,1-4H3,(H,19,22)(H,20,21). The van der Waals surface area contributed by atoms with Gasteiger partial charge in [-0.2, -0.15) is 0 Å². The summed E-state index contributed by atoms with van der Waals surface area (Å²) in [6.45, 7) is 8.40. The molecule has 1 aromatic rings. The normalized spacial score (nSPS) is 12.3. The van der Waals surface area contributed by atoms with Crippen molar-refractivity contribution in [2.75, 3.05) is 6.54 Å². The van der Waals surface area contributed by atoms with E-state index in [4.69, 9.17) is 0 Å². The second kappa shape index (κ2) is 8.51.